The van der Waals surface area contributed by atoms with Crippen molar-refractivity contribution in [3.63, 3.8) is 0 Å². The molecule has 0 aliphatic carbocycles. The lowest BCUT2D eigenvalue weighted by Gasteiger charge is -2.32. The van der Waals surface area contributed by atoms with E-state index >= 15 is 0 Å². The molecular formula is C25H24N8O2S. The largest absolute Gasteiger partial charge is 0.360 e. The number of carbonyl (C=O) groups excluding carboxylic acids is 2. The Bertz CT molecular complexity index is 1340. The molecule has 0 bridgehead atoms. The molecule has 5 heterocycles. The zero-order valence-electron chi connectivity index (χ0n) is 19.4. The van der Waals surface area contributed by atoms with E-state index in [1.54, 1.807) is 18.3 Å². The molecule has 0 spiro atoms. The van der Waals surface area contributed by atoms with E-state index in [9.17, 15) is 14.9 Å². The summed E-state index contributed by atoms with van der Waals surface area (Å²) < 4.78 is 0. The number of rotatable bonds is 7. The summed E-state index contributed by atoms with van der Waals surface area (Å²) >= 11 is 0.877. The van der Waals surface area contributed by atoms with Crippen LogP contribution in [0.15, 0.2) is 47.8 Å². The van der Waals surface area contributed by atoms with E-state index in [0.717, 1.165) is 55.5 Å². The molecule has 2 aliphatic rings. The third-order valence-electron chi connectivity index (χ3n) is 6.16. The van der Waals surface area contributed by atoms with Gasteiger partial charge in [-0.1, -0.05) is 0 Å². The molecule has 0 saturated carbocycles. The molecule has 0 atom stereocenters. The molecule has 0 radical (unpaired) electrons. The second-order valence-corrected chi connectivity index (χ2v) is 9.65. The van der Waals surface area contributed by atoms with Gasteiger partial charge < -0.3 is 15.2 Å². The second kappa shape index (κ2) is 10.7. The Morgan fingerprint density at radius 1 is 1.25 bits per heavy atom. The van der Waals surface area contributed by atoms with Crippen molar-refractivity contribution in [2.24, 2.45) is 5.92 Å². The van der Waals surface area contributed by atoms with Gasteiger partial charge in [-0.2, -0.15) is 5.26 Å². The Morgan fingerprint density at radius 3 is 2.83 bits per heavy atom. The number of hydrogen-bond donors (Lipinski definition) is 3. The van der Waals surface area contributed by atoms with Gasteiger partial charge in [-0.15, -0.1) is 0 Å². The normalized spacial score (nSPS) is 17.4. The zero-order valence-corrected chi connectivity index (χ0v) is 20.2. The molecule has 0 aromatic carbocycles. The molecule has 2 aliphatic heterocycles. The highest BCUT2D eigenvalue weighted by Gasteiger charge is 2.25. The standard InChI is InChI=1S/C25H24N8O2S/c26-12-18-10-17(15-30-22(18)20-2-1-6-28-20)14-27-13-16-4-8-33(9-5-16)24-29-7-3-19(31-24)11-21-23(34)32-25(35)36-21/h1-3,6-7,10-11,15-16,27-28H,4-5,8-9,13-14H2,(H,32,34,35)/b21-11-. The van der Waals surface area contributed by atoms with Gasteiger partial charge in [0.25, 0.3) is 11.1 Å². The Morgan fingerprint density at radius 2 is 2.11 bits per heavy atom. The summed E-state index contributed by atoms with van der Waals surface area (Å²) in [7, 11) is 0. The van der Waals surface area contributed by atoms with Crippen LogP contribution in [0, 0.1) is 17.2 Å². The van der Waals surface area contributed by atoms with Crippen LogP contribution in [0.4, 0.5) is 10.7 Å². The molecule has 0 unspecified atom stereocenters. The SMILES string of the molecule is N#Cc1cc(CNCC2CCN(c3nccc(/C=C4\SC(=O)NC4=O)n3)CC2)cnc1-c1ccc[nH]1. The predicted octanol–water partition coefficient (Wildman–Crippen LogP) is 3.07. The number of piperidine rings is 1. The minimum Gasteiger partial charge on any atom is -0.360 e. The summed E-state index contributed by atoms with van der Waals surface area (Å²) in [6.45, 7) is 3.21. The van der Waals surface area contributed by atoms with Crippen LogP contribution in [0.5, 0.6) is 0 Å². The summed E-state index contributed by atoms with van der Waals surface area (Å²) in [5.74, 6) is 0.759. The second-order valence-electron chi connectivity index (χ2n) is 8.63. The Hall–Kier alpha value is -4.01. The van der Waals surface area contributed by atoms with Gasteiger partial charge >= 0.3 is 0 Å². The molecule has 5 rings (SSSR count). The molecule has 3 aromatic heterocycles. The van der Waals surface area contributed by atoms with Crippen molar-refractivity contribution in [2.45, 2.75) is 19.4 Å². The van der Waals surface area contributed by atoms with Gasteiger partial charge in [0.15, 0.2) is 0 Å². The van der Waals surface area contributed by atoms with Crippen molar-refractivity contribution in [2.75, 3.05) is 24.5 Å². The van der Waals surface area contributed by atoms with Crippen LogP contribution >= 0.6 is 11.8 Å². The van der Waals surface area contributed by atoms with E-state index in [-0.39, 0.29) is 5.24 Å². The van der Waals surface area contributed by atoms with Crippen LogP contribution < -0.4 is 15.5 Å². The molecule has 36 heavy (non-hydrogen) atoms. The average Bonchev–Trinajstić information content (AvgIpc) is 3.54. The first-order chi connectivity index (χ1) is 17.6. The number of carbonyl (C=O) groups is 2. The van der Waals surface area contributed by atoms with Crippen molar-refractivity contribution in [1.29, 1.82) is 5.26 Å². The molecule has 2 saturated heterocycles. The van der Waals surface area contributed by atoms with E-state index in [1.165, 1.54) is 0 Å². The number of aromatic amines is 1. The van der Waals surface area contributed by atoms with E-state index in [2.05, 4.69) is 41.5 Å². The first kappa shape index (κ1) is 23.7. The monoisotopic (exact) mass is 500 g/mol. The van der Waals surface area contributed by atoms with Crippen LogP contribution in [0.25, 0.3) is 17.5 Å². The summed E-state index contributed by atoms with van der Waals surface area (Å²) in [4.78, 5) is 42.2. The van der Waals surface area contributed by atoms with Crippen LogP contribution in [-0.2, 0) is 11.3 Å². The number of pyridine rings is 1. The third-order valence-corrected chi connectivity index (χ3v) is 6.97. The lowest BCUT2D eigenvalue weighted by atomic mass is 9.97. The highest BCUT2D eigenvalue weighted by Crippen LogP contribution is 2.26. The van der Waals surface area contributed by atoms with Gasteiger partial charge in [0.05, 0.1) is 21.9 Å². The van der Waals surface area contributed by atoms with E-state index in [0.29, 0.717) is 40.3 Å². The van der Waals surface area contributed by atoms with Gasteiger partial charge in [-0.05, 0) is 73.0 Å². The molecule has 3 aromatic rings. The fourth-order valence-electron chi connectivity index (χ4n) is 4.29. The molecule has 10 nitrogen and oxygen atoms in total. The number of aromatic nitrogens is 4. The van der Waals surface area contributed by atoms with Gasteiger partial charge in [-0.3, -0.25) is 19.9 Å². The van der Waals surface area contributed by atoms with Gasteiger partial charge in [0.1, 0.15) is 11.8 Å². The number of amides is 2. The van der Waals surface area contributed by atoms with Crippen molar-refractivity contribution in [3.05, 3.63) is 64.6 Å². The molecule has 2 fully saturated rings. The maximum absolute atomic E-state index is 11.8. The number of imide groups is 1. The Kier molecular flexibility index (Phi) is 7.06. The molecular weight excluding hydrogens is 476 g/mol. The number of nitrogens with zero attached hydrogens (tertiary/aromatic N) is 5. The number of hydrogen-bond acceptors (Lipinski definition) is 9. The molecule has 3 N–H and O–H groups in total. The van der Waals surface area contributed by atoms with Crippen molar-refractivity contribution < 1.29 is 9.59 Å². The van der Waals surface area contributed by atoms with Gasteiger partial charge in [0, 0.05) is 38.2 Å². The lowest BCUT2D eigenvalue weighted by molar-refractivity contribution is -0.115. The molecule has 11 heteroatoms. The van der Waals surface area contributed by atoms with Crippen LogP contribution in [0.1, 0.15) is 29.7 Å². The topological polar surface area (TPSA) is 140 Å². The fraction of sp³-hybridized carbons (Fsp3) is 0.280. The predicted molar refractivity (Wildman–Crippen MR) is 137 cm³/mol. The smallest absolute Gasteiger partial charge is 0.290 e. The average molecular weight is 501 g/mol. The fourth-order valence-corrected chi connectivity index (χ4v) is 4.96. The van der Waals surface area contributed by atoms with E-state index in [4.69, 9.17) is 0 Å². The third kappa shape index (κ3) is 5.45. The van der Waals surface area contributed by atoms with E-state index in [1.807, 2.05) is 30.6 Å². The first-order valence-corrected chi connectivity index (χ1v) is 12.5. The van der Waals surface area contributed by atoms with Crippen LogP contribution in [-0.4, -0.2) is 50.7 Å². The van der Waals surface area contributed by atoms with Crippen molar-refractivity contribution in [3.8, 4) is 17.5 Å². The molecule has 182 valence electrons. The highest BCUT2D eigenvalue weighted by atomic mass is 32.2. The number of thioether (sulfide) groups is 1. The summed E-state index contributed by atoms with van der Waals surface area (Å²) in [5.41, 5.74) is 3.64. The minimum atomic E-state index is -0.394. The Labute approximate surface area is 212 Å². The van der Waals surface area contributed by atoms with Crippen molar-refractivity contribution in [1.82, 2.24) is 30.6 Å². The molecule has 2 amide bonds. The van der Waals surface area contributed by atoms with Crippen molar-refractivity contribution >= 4 is 34.9 Å². The summed E-state index contributed by atoms with van der Waals surface area (Å²) in [6.07, 6.45) is 8.92. The summed E-state index contributed by atoms with van der Waals surface area (Å²) in [6, 6.07) is 9.65. The quantitative estimate of drug-likeness (QED) is 0.418. The van der Waals surface area contributed by atoms with Crippen LogP contribution in [0.3, 0.4) is 0 Å². The number of H-pyrrole nitrogens is 1. The van der Waals surface area contributed by atoms with Gasteiger partial charge in [-0.25, -0.2) is 9.97 Å². The number of nitriles is 1. The lowest BCUT2D eigenvalue weighted by Crippen LogP contribution is -2.38. The van der Waals surface area contributed by atoms with Gasteiger partial charge in [0.2, 0.25) is 5.95 Å². The van der Waals surface area contributed by atoms with E-state index < -0.39 is 5.91 Å². The zero-order chi connectivity index (χ0) is 24.9. The summed E-state index contributed by atoms with van der Waals surface area (Å²) in [5, 5.41) is 14.9. The number of nitrogens with one attached hydrogen (secondary N) is 3. The Balaban J connectivity index is 1.12. The maximum Gasteiger partial charge on any atom is 0.290 e. The minimum absolute atomic E-state index is 0.338. The first-order valence-electron chi connectivity index (χ1n) is 11.7. The number of anilines is 1. The van der Waals surface area contributed by atoms with Crippen LogP contribution in [0.2, 0.25) is 0 Å². The highest BCUT2D eigenvalue weighted by molar-refractivity contribution is 8.18. The maximum atomic E-state index is 11.8.